The van der Waals surface area contributed by atoms with Gasteiger partial charge in [-0.25, -0.2) is 13.4 Å². The molecule has 0 aliphatic heterocycles. The standard InChI is InChI=1S/C6H2ClF3INO2S/c7-15(13,14)3-1-2-4(6(8,9)10)12-5(3)11/h1-2H. The van der Waals surface area contributed by atoms with E-state index in [4.69, 9.17) is 10.7 Å². The third-order valence-corrected chi connectivity index (χ3v) is 3.91. The topological polar surface area (TPSA) is 47.0 Å². The fraction of sp³-hybridized carbons (Fsp3) is 0.167. The maximum atomic E-state index is 12.1. The minimum Gasteiger partial charge on any atom is -0.236 e. The predicted octanol–water partition coefficient (Wildman–Crippen LogP) is 2.63. The largest absolute Gasteiger partial charge is 0.433 e. The molecule has 0 aliphatic carbocycles. The Labute approximate surface area is 101 Å². The molecule has 0 spiro atoms. The summed E-state index contributed by atoms with van der Waals surface area (Å²) < 4.78 is 57.8. The Kier molecular flexibility index (Phi) is 3.51. The van der Waals surface area contributed by atoms with E-state index in [1.54, 1.807) is 0 Å². The smallest absolute Gasteiger partial charge is 0.236 e. The van der Waals surface area contributed by atoms with Gasteiger partial charge in [0.25, 0.3) is 9.05 Å². The van der Waals surface area contributed by atoms with E-state index in [-0.39, 0.29) is 3.70 Å². The number of halogens is 5. The number of hydrogen-bond donors (Lipinski definition) is 0. The van der Waals surface area contributed by atoms with Crippen LogP contribution in [0.3, 0.4) is 0 Å². The zero-order valence-corrected chi connectivity index (χ0v) is 10.4. The van der Waals surface area contributed by atoms with Crippen LogP contribution < -0.4 is 0 Å². The first-order valence-corrected chi connectivity index (χ1v) is 6.69. The van der Waals surface area contributed by atoms with Crippen LogP contribution in [0.1, 0.15) is 5.69 Å². The van der Waals surface area contributed by atoms with Crippen LogP contribution in [-0.4, -0.2) is 13.4 Å². The number of hydrogen-bond acceptors (Lipinski definition) is 3. The molecule has 84 valence electrons. The second kappa shape index (κ2) is 4.06. The van der Waals surface area contributed by atoms with E-state index in [1.165, 1.54) is 22.6 Å². The Morgan fingerprint density at radius 1 is 1.33 bits per heavy atom. The SMILES string of the molecule is O=S(=O)(Cl)c1ccc(C(F)(F)F)nc1I. The van der Waals surface area contributed by atoms with Crippen LogP contribution >= 0.6 is 33.3 Å². The average molecular weight is 372 g/mol. The summed E-state index contributed by atoms with van der Waals surface area (Å²) in [6.07, 6.45) is -4.60. The van der Waals surface area contributed by atoms with Crippen molar-refractivity contribution in [1.82, 2.24) is 4.98 Å². The molecule has 3 nitrogen and oxygen atoms in total. The Bertz CT molecular complexity index is 488. The quantitative estimate of drug-likeness (QED) is 0.433. The Morgan fingerprint density at radius 3 is 2.20 bits per heavy atom. The lowest BCUT2D eigenvalue weighted by atomic mass is 10.3. The predicted molar refractivity (Wildman–Crippen MR) is 55.0 cm³/mol. The number of nitrogens with zero attached hydrogens (tertiary/aromatic N) is 1. The van der Waals surface area contributed by atoms with Crippen molar-refractivity contribution in [2.75, 3.05) is 0 Å². The molecule has 0 atom stereocenters. The molecule has 0 saturated heterocycles. The van der Waals surface area contributed by atoms with Crippen LogP contribution in [0.15, 0.2) is 17.0 Å². The first-order chi connectivity index (χ1) is 6.62. The van der Waals surface area contributed by atoms with Crippen molar-refractivity contribution in [3.63, 3.8) is 0 Å². The van der Waals surface area contributed by atoms with Crippen LogP contribution in [0, 0.1) is 3.70 Å². The van der Waals surface area contributed by atoms with E-state index in [1.807, 2.05) is 0 Å². The first kappa shape index (κ1) is 13.0. The van der Waals surface area contributed by atoms with Gasteiger partial charge < -0.3 is 0 Å². The van der Waals surface area contributed by atoms with E-state index < -0.39 is 25.8 Å². The molecule has 0 bridgehead atoms. The monoisotopic (exact) mass is 371 g/mol. The molecule has 0 radical (unpaired) electrons. The third-order valence-electron chi connectivity index (χ3n) is 1.37. The summed E-state index contributed by atoms with van der Waals surface area (Å²) in [6, 6.07) is 1.34. The van der Waals surface area contributed by atoms with Crippen LogP contribution in [0.5, 0.6) is 0 Å². The minimum atomic E-state index is -4.60. The molecular formula is C6H2ClF3INO2S. The van der Waals surface area contributed by atoms with Crippen molar-refractivity contribution < 1.29 is 21.6 Å². The highest BCUT2D eigenvalue weighted by Gasteiger charge is 2.33. The van der Waals surface area contributed by atoms with Crippen molar-refractivity contribution in [3.8, 4) is 0 Å². The Hall–Kier alpha value is -0.0900. The van der Waals surface area contributed by atoms with Gasteiger partial charge in [0.1, 0.15) is 14.3 Å². The summed E-state index contributed by atoms with van der Waals surface area (Å²) in [4.78, 5) is 2.68. The van der Waals surface area contributed by atoms with Crippen molar-refractivity contribution in [2.45, 2.75) is 11.1 Å². The minimum absolute atomic E-state index is 0.308. The molecule has 0 aliphatic rings. The highest BCUT2D eigenvalue weighted by atomic mass is 127. The van der Waals surface area contributed by atoms with Gasteiger partial charge in [-0.2, -0.15) is 13.2 Å². The fourth-order valence-electron chi connectivity index (χ4n) is 0.761. The lowest BCUT2D eigenvalue weighted by Crippen LogP contribution is -2.10. The van der Waals surface area contributed by atoms with E-state index in [0.717, 1.165) is 6.07 Å². The maximum Gasteiger partial charge on any atom is 0.433 e. The van der Waals surface area contributed by atoms with Gasteiger partial charge in [0.05, 0.1) is 0 Å². The van der Waals surface area contributed by atoms with Crippen LogP contribution in [0.25, 0.3) is 0 Å². The maximum absolute atomic E-state index is 12.1. The van der Waals surface area contributed by atoms with Gasteiger partial charge in [-0.1, -0.05) is 0 Å². The van der Waals surface area contributed by atoms with Gasteiger partial charge in [0.2, 0.25) is 0 Å². The molecule has 0 fully saturated rings. The van der Waals surface area contributed by atoms with Gasteiger partial charge >= 0.3 is 6.18 Å². The van der Waals surface area contributed by atoms with Gasteiger partial charge in [-0.3, -0.25) is 0 Å². The van der Waals surface area contributed by atoms with E-state index in [9.17, 15) is 21.6 Å². The highest BCUT2D eigenvalue weighted by molar-refractivity contribution is 14.1. The first-order valence-electron chi connectivity index (χ1n) is 3.31. The molecule has 1 aromatic heterocycles. The van der Waals surface area contributed by atoms with Crippen molar-refractivity contribution >= 4 is 42.3 Å². The molecule has 0 saturated carbocycles. The van der Waals surface area contributed by atoms with E-state index in [2.05, 4.69) is 4.98 Å². The highest BCUT2D eigenvalue weighted by Crippen LogP contribution is 2.30. The normalized spacial score (nSPS) is 12.9. The van der Waals surface area contributed by atoms with Crippen molar-refractivity contribution in [2.24, 2.45) is 0 Å². The molecule has 9 heteroatoms. The van der Waals surface area contributed by atoms with Crippen LogP contribution in [0.4, 0.5) is 13.2 Å². The lowest BCUT2D eigenvalue weighted by molar-refractivity contribution is -0.141. The average Bonchev–Trinajstić information content (AvgIpc) is 1.99. The molecule has 0 amide bonds. The Morgan fingerprint density at radius 2 is 1.87 bits per heavy atom. The van der Waals surface area contributed by atoms with Crippen LogP contribution in [0.2, 0.25) is 0 Å². The third kappa shape index (κ3) is 3.18. The Balaban J connectivity index is 3.34. The van der Waals surface area contributed by atoms with E-state index >= 15 is 0 Å². The zero-order valence-electron chi connectivity index (χ0n) is 6.72. The molecule has 1 rings (SSSR count). The molecule has 15 heavy (non-hydrogen) atoms. The fourth-order valence-corrected chi connectivity index (χ4v) is 3.31. The van der Waals surface area contributed by atoms with Gasteiger partial charge in [0, 0.05) is 10.7 Å². The molecule has 0 aromatic carbocycles. The molecule has 0 N–H and O–H groups in total. The number of alkyl halides is 3. The number of aromatic nitrogens is 1. The van der Waals surface area contributed by atoms with E-state index in [0.29, 0.717) is 6.07 Å². The van der Waals surface area contributed by atoms with Crippen molar-refractivity contribution in [3.05, 3.63) is 21.5 Å². The molecular weight excluding hydrogens is 369 g/mol. The second-order valence-corrected chi connectivity index (χ2v) is 5.98. The number of rotatable bonds is 1. The molecule has 1 aromatic rings. The van der Waals surface area contributed by atoms with Gasteiger partial charge in [-0.15, -0.1) is 0 Å². The summed E-state index contributed by atoms with van der Waals surface area (Å²) in [5.74, 6) is 0. The summed E-state index contributed by atoms with van der Waals surface area (Å²) >= 11 is 1.38. The lowest BCUT2D eigenvalue weighted by Gasteiger charge is -2.07. The second-order valence-electron chi connectivity index (χ2n) is 2.42. The molecule has 1 heterocycles. The number of pyridine rings is 1. The summed E-state index contributed by atoms with van der Waals surface area (Å²) in [5.41, 5.74) is -1.16. The van der Waals surface area contributed by atoms with Crippen LogP contribution in [-0.2, 0) is 15.2 Å². The summed E-state index contributed by atoms with van der Waals surface area (Å²) in [7, 11) is 0.916. The summed E-state index contributed by atoms with van der Waals surface area (Å²) in [6.45, 7) is 0. The summed E-state index contributed by atoms with van der Waals surface area (Å²) in [5, 5.41) is 0. The zero-order chi connectivity index (χ0) is 11.9. The van der Waals surface area contributed by atoms with Gasteiger partial charge in [0.15, 0.2) is 0 Å². The molecule has 0 unspecified atom stereocenters. The van der Waals surface area contributed by atoms with Crippen molar-refractivity contribution in [1.29, 1.82) is 0 Å². The van der Waals surface area contributed by atoms with Gasteiger partial charge in [-0.05, 0) is 34.7 Å².